The third-order valence-corrected chi connectivity index (χ3v) is 4.44. The third-order valence-electron chi connectivity index (χ3n) is 4.44. The van der Waals surface area contributed by atoms with E-state index in [0.717, 1.165) is 5.56 Å². The van der Waals surface area contributed by atoms with Crippen LogP contribution in [0.3, 0.4) is 0 Å². The van der Waals surface area contributed by atoms with Gasteiger partial charge in [0, 0.05) is 11.1 Å². The molecule has 0 saturated carbocycles. The van der Waals surface area contributed by atoms with E-state index in [1.165, 1.54) is 32.4 Å². The average molecular weight is 410 g/mol. The Labute approximate surface area is 173 Å². The summed E-state index contributed by atoms with van der Waals surface area (Å²) in [6.45, 7) is 0. The van der Waals surface area contributed by atoms with Crippen LogP contribution in [0.1, 0.15) is 16.1 Å². The van der Waals surface area contributed by atoms with Gasteiger partial charge >= 0.3 is 0 Å². The quantitative estimate of drug-likeness (QED) is 0.431. The van der Waals surface area contributed by atoms with Crippen LogP contribution in [-0.2, 0) is 0 Å². The molecule has 0 amide bonds. The van der Waals surface area contributed by atoms with Gasteiger partial charge in [0.25, 0.3) is 0 Å². The highest BCUT2D eigenvalue weighted by Crippen LogP contribution is 2.40. The van der Waals surface area contributed by atoms with Crippen molar-refractivity contribution in [2.45, 2.75) is 0 Å². The second-order valence-corrected chi connectivity index (χ2v) is 6.21. The highest BCUT2D eigenvalue weighted by atomic mass is 16.5. The van der Waals surface area contributed by atoms with E-state index in [9.17, 15) is 9.90 Å². The van der Waals surface area contributed by atoms with Crippen molar-refractivity contribution in [1.29, 1.82) is 0 Å². The maximum Gasteiger partial charge on any atom is 0.203 e. The van der Waals surface area contributed by atoms with Crippen LogP contribution in [0.25, 0.3) is 17.3 Å². The molecule has 0 unspecified atom stereocenters. The molecule has 2 aromatic carbocycles. The SMILES string of the molecule is COc1ccc(C(=O)/C=C/c2cc(-c3cc(OC)c(OC)c(OC)c3)n[nH]2)cc1O. The molecule has 1 aromatic heterocycles. The van der Waals surface area contributed by atoms with Gasteiger partial charge in [0.2, 0.25) is 5.75 Å². The van der Waals surface area contributed by atoms with Crippen LogP contribution in [0.15, 0.2) is 42.5 Å². The first kappa shape index (κ1) is 20.8. The summed E-state index contributed by atoms with van der Waals surface area (Å²) < 4.78 is 21.1. The number of aromatic amines is 1. The fraction of sp³-hybridized carbons (Fsp3) is 0.182. The van der Waals surface area contributed by atoms with E-state index < -0.39 is 0 Å². The molecule has 0 bridgehead atoms. The van der Waals surface area contributed by atoms with Crippen molar-refractivity contribution in [1.82, 2.24) is 10.2 Å². The Hall–Kier alpha value is -3.94. The number of aromatic hydroxyl groups is 1. The summed E-state index contributed by atoms with van der Waals surface area (Å²) in [4.78, 5) is 12.4. The average Bonchev–Trinajstić information content (AvgIpc) is 3.25. The first-order valence-corrected chi connectivity index (χ1v) is 8.96. The van der Waals surface area contributed by atoms with Crippen LogP contribution >= 0.6 is 0 Å². The summed E-state index contributed by atoms with van der Waals surface area (Å²) >= 11 is 0. The van der Waals surface area contributed by atoms with Crippen molar-refractivity contribution >= 4 is 11.9 Å². The normalized spacial score (nSPS) is 10.8. The van der Waals surface area contributed by atoms with E-state index in [0.29, 0.717) is 39.9 Å². The van der Waals surface area contributed by atoms with Crippen LogP contribution in [0, 0.1) is 0 Å². The highest BCUT2D eigenvalue weighted by molar-refractivity contribution is 6.07. The molecule has 156 valence electrons. The Morgan fingerprint density at radius 1 is 0.933 bits per heavy atom. The van der Waals surface area contributed by atoms with Gasteiger partial charge in [0.15, 0.2) is 28.8 Å². The summed E-state index contributed by atoms with van der Waals surface area (Å²) in [5, 5.41) is 17.0. The molecule has 0 spiro atoms. The van der Waals surface area contributed by atoms with E-state index in [1.807, 2.05) is 0 Å². The molecule has 8 heteroatoms. The van der Waals surface area contributed by atoms with Gasteiger partial charge in [-0.25, -0.2) is 0 Å². The zero-order chi connectivity index (χ0) is 21.7. The van der Waals surface area contributed by atoms with Crippen molar-refractivity contribution in [2.24, 2.45) is 0 Å². The number of nitrogens with one attached hydrogen (secondary N) is 1. The molecule has 0 saturated heterocycles. The number of phenols is 1. The van der Waals surface area contributed by atoms with Gasteiger partial charge < -0.3 is 24.1 Å². The molecule has 0 aliphatic rings. The molecule has 0 fully saturated rings. The monoisotopic (exact) mass is 410 g/mol. The van der Waals surface area contributed by atoms with E-state index >= 15 is 0 Å². The van der Waals surface area contributed by atoms with E-state index in [1.54, 1.807) is 44.6 Å². The lowest BCUT2D eigenvalue weighted by molar-refractivity contribution is 0.104. The van der Waals surface area contributed by atoms with Gasteiger partial charge in [-0.1, -0.05) is 0 Å². The van der Waals surface area contributed by atoms with Gasteiger partial charge in [-0.05, 0) is 48.6 Å². The zero-order valence-corrected chi connectivity index (χ0v) is 17.1. The van der Waals surface area contributed by atoms with Crippen molar-refractivity contribution in [3.63, 3.8) is 0 Å². The second kappa shape index (κ2) is 9.04. The largest absolute Gasteiger partial charge is 0.504 e. The topological polar surface area (TPSA) is 103 Å². The van der Waals surface area contributed by atoms with Gasteiger partial charge in [0.1, 0.15) is 0 Å². The minimum atomic E-state index is -0.267. The van der Waals surface area contributed by atoms with Crippen LogP contribution in [0.5, 0.6) is 28.7 Å². The number of carbonyl (C=O) groups is 1. The number of carbonyl (C=O) groups excluding carboxylic acids is 1. The Kier molecular flexibility index (Phi) is 6.26. The Bertz CT molecular complexity index is 1060. The first-order chi connectivity index (χ1) is 14.5. The van der Waals surface area contributed by atoms with Crippen LogP contribution < -0.4 is 18.9 Å². The Morgan fingerprint density at radius 2 is 1.60 bits per heavy atom. The van der Waals surface area contributed by atoms with Crippen LogP contribution in [-0.4, -0.2) is 49.5 Å². The minimum Gasteiger partial charge on any atom is -0.504 e. The van der Waals surface area contributed by atoms with E-state index in [4.69, 9.17) is 18.9 Å². The van der Waals surface area contributed by atoms with Gasteiger partial charge in [-0.3, -0.25) is 9.89 Å². The number of ether oxygens (including phenoxy) is 4. The fourth-order valence-corrected chi connectivity index (χ4v) is 2.90. The predicted molar refractivity (Wildman–Crippen MR) is 112 cm³/mol. The van der Waals surface area contributed by atoms with Gasteiger partial charge in [-0.15, -0.1) is 0 Å². The third kappa shape index (κ3) is 4.22. The molecule has 0 aliphatic heterocycles. The molecular formula is C22H22N2O6. The number of aromatic nitrogens is 2. The number of hydrogen-bond donors (Lipinski definition) is 2. The number of ketones is 1. The number of methoxy groups -OCH3 is 4. The molecule has 8 nitrogen and oxygen atoms in total. The van der Waals surface area contributed by atoms with E-state index in [-0.39, 0.29) is 11.5 Å². The predicted octanol–water partition coefficient (Wildman–Crippen LogP) is 3.71. The minimum absolute atomic E-state index is 0.0945. The maximum absolute atomic E-state index is 12.4. The number of hydrogen-bond acceptors (Lipinski definition) is 7. The van der Waals surface area contributed by atoms with Crippen molar-refractivity contribution in [3.8, 4) is 40.0 Å². The van der Waals surface area contributed by atoms with Gasteiger partial charge in [-0.2, -0.15) is 5.10 Å². The van der Waals surface area contributed by atoms with Crippen LogP contribution in [0.2, 0.25) is 0 Å². The summed E-state index contributed by atoms with van der Waals surface area (Å²) in [7, 11) is 6.07. The standard InChI is InChI=1S/C22H22N2O6/c1-27-19-8-5-13(9-18(19)26)17(25)7-6-15-12-16(24-23-15)14-10-20(28-2)22(30-4)21(11-14)29-3/h5-12,26H,1-4H3,(H,23,24)/b7-6+. The summed E-state index contributed by atoms with van der Waals surface area (Å²) in [5.74, 6) is 1.47. The lowest BCUT2D eigenvalue weighted by atomic mass is 10.1. The summed E-state index contributed by atoms with van der Waals surface area (Å²) in [6.07, 6.45) is 3.01. The van der Waals surface area contributed by atoms with Crippen molar-refractivity contribution in [2.75, 3.05) is 28.4 Å². The zero-order valence-electron chi connectivity index (χ0n) is 17.1. The molecule has 0 aliphatic carbocycles. The molecule has 1 heterocycles. The maximum atomic E-state index is 12.4. The molecule has 2 N–H and O–H groups in total. The van der Waals surface area contributed by atoms with Gasteiger partial charge in [0.05, 0.1) is 39.8 Å². The molecule has 30 heavy (non-hydrogen) atoms. The highest BCUT2D eigenvalue weighted by Gasteiger charge is 2.15. The van der Waals surface area contributed by atoms with E-state index in [2.05, 4.69) is 10.2 Å². The van der Waals surface area contributed by atoms with Crippen molar-refractivity contribution in [3.05, 3.63) is 53.7 Å². The second-order valence-electron chi connectivity index (χ2n) is 6.21. The lowest BCUT2D eigenvalue weighted by Crippen LogP contribution is -1.95. The number of allylic oxidation sites excluding steroid dienone is 1. The molecular weight excluding hydrogens is 388 g/mol. The van der Waals surface area contributed by atoms with Crippen molar-refractivity contribution < 1.29 is 28.8 Å². The number of benzene rings is 2. The Balaban J connectivity index is 1.83. The number of H-pyrrole nitrogens is 1. The number of nitrogens with zero attached hydrogens (tertiary/aromatic N) is 1. The summed E-state index contributed by atoms with van der Waals surface area (Å²) in [6, 6.07) is 9.84. The molecule has 3 rings (SSSR count). The summed E-state index contributed by atoms with van der Waals surface area (Å²) in [5.41, 5.74) is 2.37. The fourth-order valence-electron chi connectivity index (χ4n) is 2.90. The number of phenolic OH excluding ortho intramolecular Hbond substituents is 1. The Morgan fingerprint density at radius 3 is 2.17 bits per heavy atom. The molecule has 0 radical (unpaired) electrons. The number of rotatable bonds is 8. The molecule has 0 atom stereocenters. The molecule has 3 aromatic rings. The first-order valence-electron chi connectivity index (χ1n) is 8.96. The smallest absolute Gasteiger partial charge is 0.203 e. The van der Waals surface area contributed by atoms with Crippen LogP contribution in [0.4, 0.5) is 0 Å². The lowest BCUT2D eigenvalue weighted by Gasteiger charge is -2.13.